The molecular formula is C23H31N3O. The van der Waals surface area contributed by atoms with Crippen LogP contribution in [0.25, 0.3) is 0 Å². The van der Waals surface area contributed by atoms with Crippen LogP contribution in [-0.2, 0) is 6.54 Å². The number of carbonyl (C=O) groups is 1. The molecule has 0 aromatic heterocycles. The molecule has 0 saturated carbocycles. The average molecular weight is 366 g/mol. The Labute approximate surface area is 163 Å². The fourth-order valence-corrected chi connectivity index (χ4v) is 3.82. The molecule has 0 unspecified atom stereocenters. The van der Waals surface area contributed by atoms with Gasteiger partial charge in [0.1, 0.15) is 0 Å². The molecule has 3 rings (SSSR count). The normalized spacial score (nSPS) is 14.6. The SMILES string of the molecule is Cc1cccc(CNC(=O)N2CCN(c3c(C)cccc3C(C)C)CC2)c1. The van der Waals surface area contributed by atoms with E-state index >= 15 is 0 Å². The molecular weight excluding hydrogens is 334 g/mol. The van der Waals surface area contributed by atoms with Crippen LogP contribution in [0.5, 0.6) is 0 Å². The van der Waals surface area contributed by atoms with Crippen molar-refractivity contribution in [1.82, 2.24) is 10.2 Å². The molecule has 1 aliphatic rings. The van der Waals surface area contributed by atoms with Gasteiger partial charge in [0, 0.05) is 38.4 Å². The number of benzene rings is 2. The number of urea groups is 1. The molecule has 1 aliphatic heterocycles. The van der Waals surface area contributed by atoms with Gasteiger partial charge in [0.05, 0.1) is 0 Å². The Morgan fingerprint density at radius 3 is 2.41 bits per heavy atom. The van der Waals surface area contributed by atoms with Crippen molar-refractivity contribution in [2.75, 3.05) is 31.1 Å². The minimum Gasteiger partial charge on any atom is -0.368 e. The van der Waals surface area contributed by atoms with E-state index in [0.717, 1.165) is 31.7 Å². The van der Waals surface area contributed by atoms with Gasteiger partial charge in [-0.05, 0) is 36.5 Å². The molecule has 27 heavy (non-hydrogen) atoms. The molecule has 0 atom stereocenters. The molecule has 2 amide bonds. The summed E-state index contributed by atoms with van der Waals surface area (Å²) in [6, 6.07) is 14.9. The smallest absolute Gasteiger partial charge is 0.317 e. The van der Waals surface area contributed by atoms with E-state index in [9.17, 15) is 4.79 Å². The molecule has 4 heteroatoms. The van der Waals surface area contributed by atoms with Crippen molar-refractivity contribution in [1.29, 1.82) is 0 Å². The Kier molecular flexibility index (Phi) is 6.04. The number of hydrogen-bond donors (Lipinski definition) is 1. The number of hydrogen-bond acceptors (Lipinski definition) is 2. The first-order valence-electron chi connectivity index (χ1n) is 9.88. The number of carbonyl (C=O) groups excluding carboxylic acids is 1. The lowest BCUT2D eigenvalue weighted by Gasteiger charge is -2.38. The lowest BCUT2D eigenvalue weighted by atomic mass is 9.97. The van der Waals surface area contributed by atoms with Gasteiger partial charge in [-0.2, -0.15) is 0 Å². The molecule has 2 aromatic rings. The largest absolute Gasteiger partial charge is 0.368 e. The zero-order valence-electron chi connectivity index (χ0n) is 17.0. The molecule has 0 radical (unpaired) electrons. The van der Waals surface area contributed by atoms with Crippen LogP contribution in [0.3, 0.4) is 0 Å². The van der Waals surface area contributed by atoms with E-state index in [1.807, 2.05) is 11.0 Å². The summed E-state index contributed by atoms with van der Waals surface area (Å²) in [5.41, 5.74) is 6.43. The number of para-hydroxylation sites is 1. The van der Waals surface area contributed by atoms with E-state index < -0.39 is 0 Å². The molecule has 1 N–H and O–H groups in total. The standard InChI is InChI=1S/C23H31N3O/c1-17(2)21-10-6-8-19(4)22(21)25-11-13-26(14-12-25)23(27)24-16-20-9-5-7-18(3)15-20/h5-10,15,17H,11-14,16H2,1-4H3,(H,24,27). The van der Waals surface area contributed by atoms with Crippen molar-refractivity contribution in [3.8, 4) is 0 Å². The van der Waals surface area contributed by atoms with Crippen molar-refractivity contribution >= 4 is 11.7 Å². The molecule has 1 saturated heterocycles. The quantitative estimate of drug-likeness (QED) is 0.868. The summed E-state index contributed by atoms with van der Waals surface area (Å²) < 4.78 is 0. The van der Waals surface area contributed by atoms with Crippen molar-refractivity contribution < 1.29 is 4.79 Å². The molecule has 2 aromatic carbocycles. The molecule has 0 aliphatic carbocycles. The summed E-state index contributed by atoms with van der Waals surface area (Å²) in [4.78, 5) is 16.9. The van der Waals surface area contributed by atoms with Crippen LogP contribution in [0.4, 0.5) is 10.5 Å². The fraction of sp³-hybridized carbons (Fsp3) is 0.435. The first-order valence-corrected chi connectivity index (χ1v) is 9.88. The first kappa shape index (κ1) is 19.3. The topological polar surface area (TPSA) is 35.6 Å². The Bertz CT molecular complexity index is 792. The maximum atomic E-state index is 12.5. The van der Waals surface area contributed by atoms with E-state index in [0.29, 0.717) is 12.5 Å². The maximum absolute atomic E-state index is 12.5. The summed E-state index contributed by atoms with van der Waals surface area (Å²) in [7, 11) is 0. The molecule has 1 heterocycles. The summed E-state index contributed by atoms with van der Waals surface area (Å²) in [5.74, 6) is 0.496. The van der Waals surface area contributed by atoms with Gasteiger partial charge in [-0.1, -0.05) is 61.9 Å². The van der Waals surface area contributed by atoms with Gasteiger partial charge < -0.3 is 15.1 Å². The monoisotopic (exact) mass is 365 g/mol. The van der Waals surface area contributed by atoms with E-state index in [4.69, 9.17) is 0 Å². The van der Waals surface area contributed by atoms with Gasteiger partial charge in [0.15, 0.2) is 0 Å². The van der Waals surface area contributed by atoms with Gasteiger partial charge in [0.25, 0.3) is 0 Å². The predicted octanol–water partition coefficient (Wildman–Crippen LogP) is 4.46. The average Bonchev–Trinajstić information content (AvgIpc) is 2.66. The number of rotatable bonds is 4. The number of amides is 2. The highest BCUT2D eigenvalue weighted by atomic mass is 16.2. The Morgan fingerprint density at radius 1 is 1.04 bits per heavy atom. The zero-order valence-corrected chi connectivity index (χ0v) is 17.0. The number of aryl methyl sites for hydroxylation is 2. The first-order chi connectivity index (χ1) is 13.0. The van der Waals surface area contributed by atoms with Crippen molar-refractivity contribution in [2.24, 2.45) is 0 Å². The van der Waals surface area contributed by atoms with Crippen LogP contribution >= 0.6 is 0 Å². The lowest BCUT2D eigenvalue weighted by molar-refractivity contribution is 0.194. The van der Waals surface area contributed by atoms with E-state index in [1.54, 1.807) is 0 Å². The predicted molar refractivity (Wildman–Crippen MR) is 112 cm³/mol. The molecule has 4 nitrogen and oxygen atoms in total. The number of anilines is 1. The van der Waals surface area contributed by atoms with Crippen LogP contribution < -0.4 is 10.2 Å². The van der Waals surface area contributed by atoms with E-state index in [-0.39, 0.29) is 6.03 Å². The summed E-state index contributed by atoms with van der Waals surface area (Å²) in [5, 5.41) is 3.06. The fourth-order valence-electron chi connectivity index (χ4n) is 3.82. The van der Waals surface area contributed by atoms with E-state index in [2.05, 4.69) is 74.3 Å². The van der Waals surface area contributed by atoms with Gasteiger partial charge in [0.2, 0.25) is 0 Å². The van der Waals surface area contributed by atoms with Crippen LogP contribution in [0.15, 0.2) is 42.5 Å². The Balaban J connectivity index is 1.58. The summed E-state index contributed by atoms with van der Waals surface area (Å²) in [6.45, 7) is 12.6. The third-order valence-corrected chi connectivity index (χ3v) is 5.30. The van der Waals surface area contributed by atoms with Gasteiger partial charge in [-0.3, -0.25) is 0 Å². The third-order valence-electron chi connectivity index (χ3n) is 5.30. The minimum atomic E-state index is 0.0324. The van der Waals surface area contributed by atoms with Gasteiger partial charge in [-0.25, -0.2) is 4.79 Å². The molecule has 0 spiro atoms. The number of nitrogens with one attached hydrogen (secondary N) is 1. The summed E-state index contributed by atoms with van der Waals surface area (Å²) in [6.07, 6.45) is 0. The maximum Gasteiger partial charge on any atom is 0.317 e. The second-order valence-electron chi connectivity index (χ2n) is 7.79. The number of piperazine rings is 1. The second-order valence-corrected chi connectivity index (χ2v) is 7.79. The van der Waals surface area contributed by atoms with Crippen molar-refractivity contribution in [3.63, 3.8) is 0 Å². The highest BCUT2D eigenvalue weighted by Gasteiger charge is 2.24. The van der Waals surface area contributed by atoms with Crippen molar-refractivity contribution in [2.45, 2.75) is 40.2 Å². The second kappa shape index (κ2) is 8.47. The lowest BCUT2D eigenvalue weighted by Crippen LogP contribution is -2.52. The van der Waals surface area contributed by atoms with Gasteiger partial charge in [-0.15, -0.1) is 0 Å². The molecule has 0 bridgehead atoms. The molecule has 144 valence electrons. The molecule has 1 fully saturated rings. The third kappa shape index (κ3) is 4.62. The van der Waals surface area contributed by atoms with Crippen LogP contribution in [0.1, 0.15) is 42.0 Å². The van der Waals surface area contributed by atoms with Crippen LogP contribution in [0.2, 0.25) is 0 Å². The van der Waals surface area contributed by atoms with Crippen molar-refractivity contribution in [3.05, 3.63) is 64.7 Å². The highest BCUT2D eigenvalue weighted by Crippen LogP contribution is 2.31. The number of nitrogens with zero attached hydrogens (tertiary/aromatic N) is 2. The highest BCUT2D eigenvalue weighted by molar-refractivity contribution is 5.74. The van der Waals surface area contributed by atoms with E-state index in [1.165, 1.54) is 22.4 Å². The zero-order chi connectivity index (χ0) is 19.4. The Hall–Kier alpha value is -2.49. The van der Waals surface area contributed by atoms with Crippen LogP contribution in [-0.4, -0.2) is 37.1 Å². The van der Waals surface area contributed by atoms with Gasteiger partial charge >= 0.3 is 6.03 Å². The minimum absolute atomic E-state index is 0.0324. The Morgan fingerprint density at radius 2 is 1.74 bits per heavy atom. The van der Waals surface area contributed by atoms with Crippen LogP contribution in [0, 0.1) is 13.8 Å². The summed E-state index contributed by atoms with van der Waals surface area (Å²) >= 11 is 0.